The van der Waals surface area contributed by atoms with Crippen molar-refractivity contribution in [2.45, 2.75) is 17.7 Å². The first-order chi connectivity index (χ1) is 14.1. The SMILES string of the molecule is O=C(OCCOC(=O)c1ccccc1SCC(=O)N1CCCC1)c1ccccc1. The first-order valence-electron chi connectivity index (χ1n) is 9.54. The third kappa shape index (κ3) is 6.09. The summed E-state index contributed by atoms with van der Waals surface area (Å²) in [5.41, 5.74) is 0.851. The Kier molecular flexibility index (Phi) is 7.69. The minimum atomic E-state index is -0.502. The molecule has 3 rings (SSSR count). The van der Waals surface area contributed by atoms with Gasteiger partial charge < -0.3 is 14.4 Å². The highest BCUT2D eigenvalue weighted by Gasteiger charge is 2.19. The molecule has 0 aromatic heterocycles. The topological polar surface area (TPSA) is 72.9 Å². The first kappa shape index (κ1) is 20.9. The molecule has 0 aliphatic carbocycles. The van der Waals surface area contributed by atoms with Crippen LogP contribution in [0.5, 0.6) is 0 Å². The molecule has 1 heterocycles. The number of carbonyl (C=O) groups is 3. The van der Waals surface area contributed by atoms with E-state index in [0.29, 0.717) is 21.8 Å². The number of carbonyl (C=O) groups excluding carboxylic acids is 3. The molecule has 2 aromatic carbocycles. The number of esters is 2. The highest BCUT2D eigenvalue weighted by Crippen LogP contribution is 2.24. The fraction of sp³-hybridized carbons (Fsp3) is 0.318. The Labute approximate surface area is 174 Å². The maximum Gasteiger partial charge on any atom is 0.339 e. The molecule has 0 radical (unpaired) electrons. The monoisotopic (exact) mass is 413 g/mol. The van der Waals surface area contributed by atoms with Crippen molar-refractivity contribution in [3.05, 3.63) is 65.7 Å². The maximum atomic E-state index is 12.4. The van der Waals surface area contributed by atoms with Crippen LogP contribution >= 0.6 is 11.8 Å². The van der Waals surface area contributed by atoms with Crippen molar-refractivity contribution in [1.82, 2.24) is 4.90 Å². The Balaban J connectivity index is 1.46. The Morgan fingerprint density at radius 1 is 0.828 bits per heavy atom. The van der Waals surface area contributed by atoms with Gasteiger partial charge in [0.25, 0.3) is 0 Å². The van der Waals surface area contributed by atoms with Crippen LogP contribution in [0, 0.1) is 0 Å². The molecule has 1 fully saturated rings. The summed E-state index contributed by atoms with van der Waals surface area (Å²) in [6, 6.07) is 15.7. The van der Waals surface area contributed by atoms with Crippen LogP contribution in [0.2, 0.25) is 0 Å². The molecule has 0 atom stereocenters. The van der Waals surface area contributed by atoms with Crippen LogP contribution in [0.3, 0.4) is 0 Å². The van der Waals surface area contributed by atoms with E-state index in [1.54, 1.807) is 42.5 Å². The van der Waals surface area contributed by atoms with E-state index in [2.05, 4.69) is 0 Å². The number of hydrogen-bond donors (Lipinski definition) is 0. The molecule has 152 valence electrons. The van der Waals surface area contributed by atoms with Gasteiger partial charge in [0.2, 0.25) is 5.91 Å². The minimum absolute atomic E-state index is 0.0256. The Morgan fingerprint density at radius 3 is 2.17 bits per heavy atom. The highest BCUT2D eigenvalue weighted by atomic mass is 32.2. The predicted molar refractivity (Wildman–Crippen MR) is 110 cm³/mol. The average Bonchev–Trinajstić information content (AvgIpc) is 3.30. The Morgan fingerprint density at radius 2 is 1.45 bits per heavy atom. The Bertz CT molecular complexity index is 849. The number of nitrogens with zero attached hydrogens (tertiary/aromatic N) is 1. The summed E-state index contributed by atoms with van der Waals surface area (Å²) in [5, 5.41) is 0. The van der Waals surface area contributed by atoms with Gasteiger partial charge in [-0.3, -0.25) is 4.79 Å². The van der Waals surface area contributed by atoms with Gasteiger partial charge in [-0.2, -0.15) is 0 Å². The smallest absolute Gasteiger partial charge is 0.339 e. The zero-order valence-corrected chi connectivity index (χ0v) is 16.9. The van der Waals surface area contributed by atoms with Crippen LogP contribution in [-0.2, 0) is 14.3 Å². The normalized spacial score (nSPS) is 13.2. The molecule has 1 amide bonds. The molecule has 7 heteroatoms. The van der Waals surface area contributed by atoms with Gasteiger partial charge in [0.1, 0.15) is 13.2 Å². The Hall–Kier alpha value is -2.80. The standard InChI is InChI=1S/C22H23NO5S/c24-20(23-12-6-7-13-23)16-29-19-11-5-4-10-18(19)22(26)28-15-14-27-21(25)17-8-2-1-3-9-17/h1-5,8-11H,6-7,12-16H2. The third-order valence-electron chi connectivity index (χ3n) is 4.48. The van der Waals surface area contributed by atoms with E-state index < -0.39 is 11.9 Å². The molecule has 1 aliphatic heterocycles. The quantitative estimate of drug-likeness (QED) is 0.375. The first-order valence-corrected chi connectivity index (χ1v) is 10.5. The molecule has 29 heavy (non-hydrogen) atoms. The number of rotatable bonds is 8. The van der Waals surface area contributed by atoms with Crippen LogP contribution in [0.1, 0.15) is 33.6 Å². The van der Waals surface area contributed by atoms with E-state index in [1.807, 2.05) is 17.0 Å². The molecule has 0 saturated carbocycles. The summed E-state index contributed by atoms with van der Waals surface area (Å²) in [7, 11) is 0. The second-order valence-corrected chi connectivity index (χ2v) is 7.53. The lowest BCUT2D eigenvalue weighted by molar-refractivity contribution is -0.127. The van der Waals surface area contributed by atoms with Crippen LogP contribution < -0.4 is 0 Å². The molecule has 1 saturated heterocycles. The zero-order chi connectivity index (χ0) is 20.5. The van der Waals surface area contributed by atoms with Crippen LogP contribution in [-0.4, -0.2) is 54.8 Å². The lowest BCUT2D eigenvalue weighted by Gasteiger charge is -2.15. The van der Waals surface area contributed by atoms with Gasteiger partial charge >= 0.3 is 11.9 Å². The molecule has 0 unspecified atom stereocenters. The summed E-state index contributed by atoms with van der Waals surface area (Å²) in [6.45, 7) is 1.56. The van der Waals surface area contributed by atoms with Gasteiger partial charge in [-0.25, -0.2) is 9.59 Å². The van der Waals surface area contributed by atoms with Crippen LogP contribution in [0.4, 0.5) is 0 Å². The van der Waals surface area contributed by atoms with Gasteiger partial charge in [0.05, 0.1) is 16.9 Å². The second-order valence-electron chi connectivity index (χ2n) is 6.51. The third-order valence-corrected chi connectivity index (χ3v) is 5.53. The van der Waals surface area contributed by atoms with Gasteiger partial charge in [-0.05, 0) is 37.1 Å². The van der Waals surface area contributed by atoms with E-state index in [9.17, 15) is 14.4 Å². The van der Waals surface area contributed by atoms with Gasteiger partial charge in [0, 0.05) is 18.0 Å². The number of thioether (sulfide) groups is 1. The summed E-state index contributed by atoms with van der Waals surface area (Å²) < 4.78 is 10.3. The summed E-state index contributed by atoms with van der Waals surface area (Å²) in [5.74, 6) is -0.585. The maximum absolute atomic E-state index is 12.4. The van der Waals surface area contributed by atoms with Crippen molar-refractivity contribution in [3.8, 4) is 0 Å². The van der Waals surface area contributed by atoms with Crippen LogP contribution in [0.25, 0.3) is 0 Å². The van der Waals surface area contributed by atoms with E-state index in [1.165, 1.54) is 11.8 Å². The van der Waals surface area contributed by atoms with E-state index >= 15 is 0 Å². The van der Waals surface area contributed by atoms with Crippen molar-refractivity contribution in [3.63, 3.8) is 0 Å². The number of likely N-dealkylation sites (tertiary alicyclic amines) is 1. The van der Waals surface area contributed by atoms with E-state index in [-0.39, 0.29) is 19.1 Å². The molecule has 2 aromatic rings. The number of hydrogen-bond acceptors (Lipinski definition) is 6. The molecule has 0 spiro atoms. The minimum Gasteiger partial charge on any atom is -0.458 e. The number of ether oxygens (including phenoxy) is 2. The fourth-order valence-electron chi connectivity index (χ4n) is 2.96. The average molecular weight is 413 g/mol. The second kappa shape index (κ2) is 10.7. The number of benzene rings is 2. The highest BCUT2D eigenvalue weighted by molar-refractivity contribution is 8.00. The molecule has 0 bridgehead atoms. The van der Waals surface area contributed by atoms with E-state index in [4.69, 9.17) is 9.47 Å². The van der Waals surface area contributed by atoms with Crippen molar-refractivity contribution in [2.75, 3.05) is 32.1 Å². The van der Waals surface area contributed by atoms with Crippen molar-refractivity contribution >= 4 is 29.6 Å². The fourth-order valence-corrected chi connectivity index (χ4v) is 3.91. The largest absolute Gasteiger partial charge is 0.458 e. The van der Waals surface area contributed by atoms with Gasteiger partial charge in [-0.1, -0.05) is 30.3 Å². The van der Waals surface area contributed by atoms with E-state index in [0.717, 1.165) is 25.9 Å². The summed E-state index contributed by atoms with van der Waals surface area (Å²) >= 11 is 1.33. The lowest BCUT2D eigenvalue weighted by atomic mass is 10.2. The number of amides is 1. The van der Waals surface area contributed by atoms with Crippen LogP contribution in [0.15, 0.2) is 59.5 Å². The molecular weight excluding hydrogens is 390 g/mol. The van der Waals surface area contributed by atoms with Gasteiger partial charge in [-0.15, -0.1) is 11.8 Å². The van der Waals surface area contributed by atoms with Crippen molar-refractivity contribution < 1.29 is 23.9 Å². The molecule has 1 aliphatic rings. The van der Waals surface area contributed by atoms with Gasteiger partial charge in [0.15, 0.2) is 0 Å². The van der Waals surface area contributed by atoms with Crippen molar-refractivity contribution in [1.29, 1.82) is 0 Å². The molecule has 0 N–H and O–H groups in total. The predicted octanol–water partition coefficient (Wildman–Crippen LogP) is 3.41. The molecule has 6 nitrogen and oxygen atoms in total. The summed E-state index contributed by atoms with van der Waals surface area (Å²) in [4.78, 5) is 39.1. The zero-order valence-electron chi connectivity index (χ0n) is 16.0. The van der Waals surface area contributed by atoms with Crippen molar-refractivity contribution in [2.24, 2.45) is 0 Å². The summed E-state index contributed by atoms with van der Waals surface area (Å²) in [6.07, 6.45) is 2.10. The molecular formula is C22H23NO5S. The lowest BCUT2D eigenvalue weighted by Crippen LogP contribution is -2.29.